The van der Waals surface area contributed by atoms with Crippen LogP contribution in [-0.4, -0.2) is 60.1 Å². The van der Waals surface area contributed by atoms with Crippen LogP contribution in [0.1, 0.15) is 71.0 Å². The van der Waals surface area contributed by atoms with Gasteiger partial charge in [-0.3, -0.25) is 14.4 Å². The predicted octanol–water partition coefficient (Wildman–Crippen LogP) is 3.26. The maximum Gasteiger partial charge on any atom is 0.408 e. The molecule has 0 aromatic heterocycles. The second-order valence-corrected chi connectivity index (χ2v) is 10.3. The molecule has 3 amide bonds. The predicted molar refractivity (Wildman–Crippen MR) is 131 cm³/mol. The van der Waals surface area contributed by atoms with E-state index in [9.17, 15) is 19.2 Å². The van der Waals surface area contributed by atoms with Gasteiger partial charge in [0.25, 0.3) is 0 Å². The number of carbonyl (C=O) groups is 4. The second-order valence-electron chi connectivity index (χ2n) is 10.3. The molecule has 0 heterocycles. The molecule has 194 valence electrons. The topological polar surface area (TPSA) is 114 Å². The van der Waals surface area contributed by atoms with Gasteiger partial charge in [-0.25, -0.2) is 4.79 Å². The molecular formula is C26H39N3O6. The van der Waals surface area contributed by atoms with Gasteiger partial charge in [0.1, 0.15) is 24.2 Å². The maximum absolute atomic E-state index is 14.0. The first-order valence-electron chi connectivity index (χ1n) is 12.1. The van der Waals surface area contributed by atoms with Crippen molar-refractivity contribution in [2.45, 2.75) is 84.5 Å². The van der Waals surface area contributed by atoms with Crippen molar-refractivity contribution in [2.75, 3.05) is 13.7 Å². The fourth-order valence-electron chi connectivity index (χ4n) is 3.93. The first kappa shape index (κ1) is 28.1. The van der Waals surface area contributed by atoms with E-state index in [1.165, 1.54) is 7.11 Å². The summed E-state index contributed by atoms with van der Waals surface area (Å²) in [6.45, 7) is 10.5. The van der Waals surface area contributed by atoms with Gasteiger partial charge in [-0.1, -0.05) is 38.1 Å². The van der Waals surface area contributed by atoms with E-state index in [0.29, 0.717) is 5.56 Å². The van der Waals surface area contributed by atoms with E-state index < -0.39 is 35.7 Å². The average Bonchev–Trinajstić information content (AvgIpc) is 2.73. The van der Waals surface area contributed by atoms with Crippen molar-refractivity contribution in [3.8, 4) is 0 Å². The fraction of sp³-hybridized carbons (Fsp3) is 0.615. The quantitative estimate of drug-likeness (QED) is 0.515. The smallest absolute Gasteiger partial charge is 0.408 e. The van der Waals surface area contributed by atoms with Crippen LogP contribution < -0.4 is 10.6 Å². The Hall–Kier alpha value is -3.10. The van der Waals surface area contributed by atoms with Crippen LogP contribution >= 0.6 is 0 Å². The van der Waals surface area contributed by atoms with Crippen LogP contribution in [0.5, 0.6) is 0 Å². The highest BCUT2D eigenvalue weighted by molar-refractivity contribution is 5.93. The number of hydrogen-bond donors (Lipinski definition) is 2. The number of nitrogens with one attached hydrogen (secondary N) is 2. The van der Waals surface area contributed by atoms with Crippen LogP contribution in [0, 0.1) is 12.8 Å². The highest BCUT2D eigenvalue weighted by Crippen LogP contribution is 2.35. The summed E-state index contributed by atoms with van der Waals surface area (Å²) in [5, 5.41) is 5.34. The molecule has 2 atom stereocenters. The Morgan fingerprint density at radius 2 is 1.74 bits per heavy atom. The van der Waals surface area contributed by atoms with Gasteiger partial charge in [0.15, 0.2) is 0 Å². The molecule has 1 aromatic carbocycles. The zero-order chi connectivity index (χ0) is 26.3. The highest BCUT2D eigenvalue weighted by atomic mass is 16.6. The summed E-state index contributed by atoms with van der Waals surface area (Å²) >= 11 is 0. The zero-order valence-electron chi connectivity index (χ0n) is 21.8. The minimum atomic E-state index is -0.972. The number of ether oxygens (including phenoxy) is 2. The maximum atomic E-state index is 14.0. The third-order valence-electron chi connectivity index (χ3n) is 5.97. The van der Waals surface area contributed by atoms with Gasteiger partial charge >= 0.3 is 12.1 Å². The lowest BCUT2D eigenvalue weighted by atomic mass is 9.86. The van der Waals surface area contributed by atoms with Crippen LogP contribution in [-0.2, 0) is 23.9 Å². The van der Waals surface area contributed by atoms with E-state index in [1.807, 2.05) is 45.0 Å². The zero-order valence-corrected chi connectivity index (χ0v) is 21.8. The minimum Gasteiger partial charge on any atom is -0.468 e. The second kappa shape index (κ2) is 12.0. The van der Waals surface area contributed by atoms with E-state index in [4.69, 9.17) is 4.74 Å². The lowest BCUT2D eigenvalue weighted by Gasteiger charge is -2.44. The number of methoxy groups -OCH3 is 1. The summed E-state index contributed by atoms with van der Waals surface area (Å²) in [7, 11) is 1.24. The summed E-state index contributed by atoms with van der Waals surface area (Å²) in [4.78, 5) is 53.4. The Morgan fingerprint density at radius 1 is 1.11 bits per heavy atom. The average molecular weight is 490 g/mol. The molecule has 0 bridgehead atoms. The van der Waals surface area contributed by atoms with E-state index in [0.717, 1.165) is 24.8 Å². The van der Waals surface area contributed by atoms with Crippen LogP contribution in [0.2, 0.25) is 0 Å². The number of alkyl carbamates (subject to hydrolysis) is 1. The van der Waals surface area contributed by atoms with Crippen LogP contribution in [0.25, 0.3) is 0 Å². The Balaban J connectivity index is 2.47. The van der Waals surface area contributed by atoms with Crippen molar-refractivity contribution in [1.82, 2.24) is 15.5 Å². The van der Waals surface area contributed by atoms with Gasteiger partial charge in [0.05, 0.1) is 7.11 Å². The van der Waals surface area contributed by atoms with Gasteiger partial charge in [-0.05, 0) is 64.0 Å². The number of rotatable bonds is 9. The van der Waals surface area contributed by atoms with Crippen molar-refractivity contribution < 1.29 is 28.7 Å². The summed E-state index contributed by atoms with van der Waals surface area (Å²) < 4.78 is 10.0. The van der Waals surface area contributed by atoms with E-state index in [2.05, 4.69) is 15.4 Å². The van der Waals surface area contributed by atoms with Gasteiger partial charge in [0.2, 0.25) is 11.8 Å². The lowest BCUT2D eigenvalue weighted by molar-refractivity contribution is -0.149. The molecule has 2 rings (SSSR count). The third kappa shape index (κ3) is 7.70. The van der Waals surface area contributed by atoms with Gasteiger partial charge in [-0.2, -0.15) is 0 Å². The number of amides is 3. The molecule has 0 radical (unpaired) electrons. The van der Waals surface area contributed by atoms with Crippen LogP contribution in [0.4, 0.5) is 4.79 Å². The molecule has 1 aromatic rings. The highest BCUT2D eigenvalue weighted by Gasteiger charge is 2.43. The molecule has 1 aliphatic rings. The van der Waals surface area contributed by atoms with Crippen LogP contribution in [0.15, 0.2) is 24.3 Å². The fourth-order valence-corrected chi connectivity index (χ4v) is 3.93. The summed E-state index contributed by atoms with van der Waals surface area (Å²) in [6.07, 6.45) is 1.73. The molecule has 1 aliphatic carbocycles. The molecule has 9 heteroatoms. The van der Waals surface area contributed by atoms with Gasteiger partial charge < -0.3 is 25.0 Å². The van der Waals surface area contributed by atoms with Gasteiger partial charge in [0, 0.05) is 6.04 Å². The summed E-state index contributed by atoms with van der Waals surface area (Å²) in [6, 6.07) is 5.31. The third-order valence-corrected chi connectivity index (χ3v) is 5.97. The largest absolute Gasteiger partial charge is 0.468 e. The number of hydrogen-bond acceptors (Lipinski definition) is 6. The van der Waals surface area contributed by atoms with Crippen molar-refractivity contribution in [3.63, 3.8) is 0 Å². The molecule has 0 aliphatic heterocycles. The minimum absolute atomic E-state index is 0.169. The molecule has 9 nitrogen and oxygen atoms in total. The van der Waals surface area contributed by atoms with Gasteiger partial charge in [-0.15, -0.1) is 0 Å². The number of nitrogens with zero attached hydrogens (tertiary/aromatic N) is 1. The van der Waals surface area contributed by atoms with E-state index >= 15 is 0 Å². The summed E-state index contributed by atoms with van der Waals surface area (Å²) in [5.74, 6) is -1.69. The number of benzene rings is 1. The molecule has 35 heavy (non-hydrogen) atoms. The van der Waals surface area contributed by atoms with E-state index in [1.54, 1.807) is 25.7 Å². The molecule has 1 saturated carbocycles. The van der Waals surface area contributed by atoms with E-state index in [-0.39, 0.29) is 24.4 Å². The number of esters is 1. The Labute approximate surface area is 207 Å². The Bertz CT molecular complexity index is 920. The molecule has 2 N–H and O–H groups in total. The number of carbonyl (C=O) groups excluding carboxylic acids is 4. The first-order chi connectivity index (χ1) is 16.4. The first-order valence-corrected chi connectivity index (χ1v) is 12.1. The Morgan fingerprint density at radius 3 is 2.23 bits per heavy atom. The normalized spacial score (nSPS) is 15.4. The SMILES string of the molecule is COC(=O)CNC(=O)C(c1ccccc1C)N(C(=O)C(NC(=O)OC(C)(C)C)C(C)C)C1CCC1. The number of aryl methyl sites for hydroxylation is 1. The Kier molecular flexibility index (Phi) is 9.68. The molecule has 1 fully saturated rings. The lowest BCUT2D eigenvalue weighted by Crippen LogP contribution is -2.59. The monoisotopic (exact) mass is 489 g/mol. The van der Waals surface area contributed by atoms with Crippen molar-refractivity contribution >= 4 is 23.9 Å². The van der Waals surface area contributed by atoms with Crippen molar-refractivity contribution in [3.05, 3.63) is 35.4 Å². The molecule has 0 spiro atoms. The summed E-state index contributed by atoms with van der Waals surface area (Å²) in [5.41, 5.74) is 0.777. The van der Waals surface area contributed by atoms with Crippen molar-refractivity contribution in [1.29, 1.82) is 0 Å². The molecule has 2 unspecified atom stereocenters. The standard InChI is InChI=1S/C26H39N3O6/c1-16(2)21(28-25(33)35-26(4,5)6)24(32)29(18-12-10-13-18)22(19-14-9-8-11-17(19)3)23(31)27-15-20(30)34-7/h8-9,11,14,16,18,21-22H,10,12-13,15H2,1-7H3,(H,27,31)(H,28,33). The molecular weight excluding hydrogens is 450 g/mol. The molecule has 0 saturated heterocycles. The van der Waals surface area contributed by atoms with Crippen molar-refractivity contribution in [2.24, 2.45) is 5.92 Å². The van der Waals surface area contributed by atoms with Crippen LogP contribution in [0.3, 0.4) is 0 Å².